The first-order valence-electron chi connectivity index (χ1n) is 6.65. The molecule has 20 heavy (non-hydrogen) atoms. The molecule has 0 amide bonds. The van der Waals surface area contributed by atoms with Gasteiger partial charge in [-0.3, -0.25) is 4.98 Å². The van der Waals surface area contributed by atoms with Crippen molar-refractivity contribution in [1.82, 2.24) is 10.3 Å². The summed E-state index contributed by atoms with van der Waals surface area (Å²) in [6.07, 6.45) is 1.68. The molecular weight excluding hydrogens is 258 g/mol. The maximum absolute atomic E-state index is 14.2. The average Bonchev–Trinajstić information content (AvgIpc) is 2.43. The van der Waals surface area contributed by atoms with Crippen molar-refractivity contribution in [1.29, 1.82) is 0 Å². The SMILES string of the molecule is CCNC(c1ccnc(C)c1)c1ccc(C)c(F)c1F. The molecule has 2 rings (SSSR count). The topological polar surface area (TPSA) is 24.9 Å². The zero-order chi connectivity index (χ0) is 14.7. The van der Waals surface area contributed by atoms with Crippen molar-refractivity contribution in [3.05, 3.63) is 64.5 Å². The third-order valence-corrected chi connectivity index (χ3v) is 3.28. The van der Waals surface area contributed by atoms with Crippen LogP contribution in [0.4, 0.5) is 8.78 Å². The molecule has 2 nitrogen and oxygen atoms in total. The monoisotopic (exact) mass is 276 g/mol. The van der Waals surface area contributed by atoms with E-state index in [1.165, 1.54) is 0 Å². The summed E-state index contributed by atoms with van der Waals surface area (Å²) in [4.78, 5) is 4.13. The Morgan fingerprint density at radius 1 is 1.15 bits per heavy atom. The number of hydrogen-bond donors (Lipinski definition) is 1. The third-order valence-electron chi connectivity index (χ3n) is 3.28. The van der Waals surface area contributed by atoms with E-state index in [4.69, 9.17) is 0 Å². The zero-order valence-corrected chi connectivity index (χ0v) is 11.9. The molecule has 106 valence electrons. The molecule has 1 atom stereocenters. The Labute approximate surface area is 117 Å². The van der Waals surface area contributed by atoms with Crippen molar-refractivity contribution in [2.45, 2.75) is 26.8 Å². The standard InChI is InChI=1S/C16H18F2N2/c1-4-19-16(12-7-8-20-11(3)9-12)13-6-5-10(2)14(17)15(13)18/h5-9,16,19H,4H2,1-3H3. The lowest BCUT2D eigenvalue weighted by Crippen LogP contribution is -2.23. The maximum Gasteiger partial charge on any atom is 0.164 e. The van der Waals surface area contributed by atoms with E-state index < -0.39 is 11.6 Å². The lowest BCUT2D eigenvalue weighted by Gasteiger charge is -2.20. The van der Waals surface area contributed by atoms with E-state index in [1.54, 1.807) is 25.3 Å². The second-order valence-electron chi connectivity index (χ2n) is 4.82. The quantitative estimate of drug-likeness (QED) is 0.921. The van der Waals surface area contributed by atoms with Crippen LogP contribution in [0.1, 0.15) is 35.3 Å². The molecule has 0 aliphatic carbocycles. The Balaban J connectivity index is 2.51. The molecule has 1 aromatic carbocycles. The van der Waals surface area contributed by atoms with Gasteiger partial charge in [-0.25, -0.2) is 8.78 Å². The van der Waals surface area contributed by atoms with E-state index in [1.807, 2.05) is 26.0 Å². The maximum atomic E-state index is 14.2. The molecule has 1 heterocycles. The molecule has 1 N–H and O–H groups in total. The predicted molar refractivity (Wildman–Crippen MR) is 75.6 cm³/mol. The van der Waals surface area contributed by atoms with Crippen LogP contribution in [0.2, 0.25) is 0 Å². The molecule has 1 aromatic heterocycles. The fourth-order valence-electron chi connectivity index (χ4n) is 2.24. The molecule has 0 bridgehead atoms. The van der Waals surface area contributed by atoms with Gasteiger partial charge in [-0.05, 0) is 43.7 Å². The van der Waals surface area contributed by atoms with Crippen LogP contribution in [0.15, 0.2) is 30.5 Å². The minimum absolute atomic E-state index is 0.312. The van der Waals surface area contributed by atoms with Gasteiger partial charge in [0.15, 0.2) is 11.6 Å². The molecular formula is C16H18F2N2. The first kappa shape index (κ1) is 14.6. The summed E-state index contributed by atoms with van der Waals surface area (Å²) in [6, 6.07) is 6.56. The van der Waals surface area contributed by atoms with Crippen molar-refractivity contribution in [2.75, 3.05) is 6.54 Å². The number of nitrogens with one attached hydrogen (secondary N) is 1. The molecule has 0 radical (unpaired) electrons. The molecule has 0 aliphatic heterocycles. The van der Waals surface area contributed by atoms with Gasteiger partial charge in [0.05, 0.1) is 6.04 Å². The van der Waals surface area contributed by atoms with Crippen LogP contribution < -0.4 is 5.32 Å². The van der Waals surface area contributed by atoms with Crippen LogP contribution in [0.3, 0.4) is 0 Å². The Morgan fingerprint density at radius 2 is 1.90 bits per heavy atom. The van der Waals surface area contributed by atoms with Gasteiger partial charge < -0.3 is 5.32 Å². The Bertz CT molecular complexity index is 611. The van der Waals surface area contributed by atoms with Gasteiger partial charge in [0.25, 0.3) is 0 Å². The molecule has 0 spiro atoms. The van der Waals surface area contributed by atoms with Crippen molar-refractivity contribution >= 4 is 0 Å². The van der Waals surface area contributed by atoms with Crippen LogP contribution in [0, 0.1) is 25.5 Å². The number of aryl methyl sites for hydroxylation is 2. The van der Waals surface area contributed by atoms with Gasteiger partial charge in [-0.15, -0.1) is 0 Å². The van der Waals surface area contributed by atoms with Crippen molar-refractivity contribution < 1.29 is 8.78 Å². The Hall–Kier alpha value is -1.81. The van der Waals surface area contributed by atoms with E-state index >= 15 is 0 Å². The van der Waals surface area contributed by atoms with E-state index in [0.717, 1.165) is 11.3 Å². The van der Waals surface area contributed by atoms with E-state index in [2.05, 4.69) is 10.3 Å². The number of halogens is 2. The Kier molecular flexibility index (Phi) is 4.45. The molecule has 0 aliphatic rings. The van der Waals surface area contributed by atoms with Crippen molar-refractivity contribution in [3.63, 3.8) is 0 Å². The molecule has 1 unspecified atom stereocenters. The Morgan fingerprint density at radius 3 is 2.55 bits per heavy atom. The summed E-state index contributed by atoms with van der Waals surface area (Å²) >= 11 is 0. The predicted octanol–water partition coefficient (Wildman–Crippen LogP) is 3.68. The van der Waals surface area contributed by atoms with Gasteiger partial charge in [0.1, 0.15) is 0 Å². The largest absolute Gasteiger partial charge is 0.306 e. The summed E-state index contributed by atoms with van der Waals surface area (Å²) in [5, 5.41) is 3.20. The normalized spacial score (nSPS) is 12.4. The number of rotatable bonds is 4. The van der Waals surface area contributed by atoms with Gasteiger partial charge in [0, 0.05) is 17.5 Å². The van der Waals surface area contributed by atoms with Crippen LogP contribution in [-0.2, 0) is 0 Å². The minimum Gasteiger partial charge on any atom is -0.306 e. The lowest BCUT2D eigenvalue weighted by molar-refractivity contribution is 0.478. The summed E-state index contributed by atoms with van der Waals surface area (Å²) < 4.78 is 28.0. The second kappa shape index (κ2) is 6.09. The summed E-state index contributed by atoms with van der Waals surface area (Å²) in [6.45, 7) is 6.02. The van der Waals surface area contributed by atoms with Gasteiger partial charge in [0.2, 0.25) is 0 Å². The fraction of sp³-hybridized carbons (Fsp3) is 0.312. The summed E-state index contributed by atoms with van der Waals surface area (Å²) in [5.41, 5.74) is 2.35. The second-order valence-corrected chi connectivity index (χ2v) is 4.82. The van der Waals surface area contributed by atoms with Gasteiger partial charge in [-0.2, -0.15) is 0 Å². The number of hydrogen-bond acceptors (Lipinski definition) is 2. The highest BCUT2D eigenvalue weighted by molar-refractivity contribution is 5.35. The first-order chi connectivity index (χ1) is 9.54. The van der Waals surface area contributed by atoms with Gasteiger partial charge in [-0.1, -0.05) is 19.1 Å². The molecule has 2 aromatic rings. The number of aromatic nitrogens is 1. The van der Waals surface area contributed by atoms with Crippen molar-refractivity contribution in [2.24, 2.45) is 0 Å². The molecule has 0 saturated heterocycles. The fourth-order valence-corrected chi connectivity index (χ4v) is 2.24. The smallest absolute Gasteiger partial charge is 0.164 e. The minimum atomic E-state index is -0.787. The molecule has 4 heteroatoms. The first-order valence-corrected chi connectivity index (χ1v) is 6.65. The van der Waals surface area contributed by atoms with Crippen LogP contribution in [0.25, 0.3) is 0 Å². The van der Waals surface area contributed by atoms with E-state index in [-0.39, 0.29) is 6.04 Å². The molecule has 0 saturated carbocycles. The highest BCUT2D eigenvalue weighted by atomic mass is 19.2. The third kappa shape index (κ3) is 2.85. The summed E-state index contributed by atoms with van der Waals surface area (Å²) in [7, 11) is 0. The lowest BCUT2D eigenvalue weighted by atomic mass is 9.97. The molecule has 0 fully saturated rings. The highest BCUT2D eigenvalue weighted by Gasteiger charge is 2.20. The number of nitrogens with zero attached hydrogens (tertiary/aromatic N) is 1. The number of benzene rings is 1. The number of pyridine rings is 1. The van der Waals surface area contributed by atoms with Crippen LogP contribution >= 0.6 is 0 Å². The van der Waals surface area contributed by atoms with Crippen molar-refractivity contribution in [3.8, 4) is 0 Å². The van der Waals surface area contributed by atoms with Gasteiger partial charge >= 0.3 is 0 Å². The van der Waals surface area contributed by atoms with E-state index in [9.17, 15) is 8.78 Å². The van der Waals surface area contributed by atoms with Crippen LogP contribution in [-0.4, -0.2) is 11.5 Å². The van der Waals surface area contributed by atoms with E-state index in [0.29, 0.717) is 17.7 Å². The summed E-state index contributed by atoms with van der Waals surface area (Å²) in [5.74, 6) is -1.57. The highest BCUT2D eigenvalue weighted by Crippen LogP contribution is 2.27. The average molecular weight is 276 g/mol. The van der Waals surface area contributed by atoms with Crippen LogP contribution in [0.5, 0.6) is 0 Å². The zero-order valence-electron chi connectivity index (χ0n) is 11.9.